The van der Waals surface area contributed by atoms with E-state index in [9.17, 15) is 14.9 Å². The van der Waals surface area contributed by atoms with Crippen LogP contribution in [-0.4, -0.2) is 27.2 Å². The number of carbonyl (C=O) groups excluding carboxylic acids is 1. The lowest BCUT2D eigenvalue weighted by molar-refractivity contribution is -0.386. The molecule has 2 N–H and O–H groups in total. The van der Waals surface area contributed by atoms with Crippen LogP contribution in [0.1, 0.15) is 30.3 Å². The van der Waals surface area contributed by atoms with Gasteiger partial charge in [-0.05, 0) is 32.0 Å². The zero-order valence-corrected chi connectivity index (χ0v) is 14.7. The molecule has 8 heteroatoms. The maximum atomic E-state index is 12.2. The lowest BCUT2D eigenvalue weighted by Crippen LogP contribution is -2.18. The van der Waals surface area contributed by atoms with E-state index in [-0.39, 0.29) is 18.0 Å². The summed E-state index contributed by atoms with van der Waals surface area (Å²) in [6.45, 7) is 7.08. The third-order valence-corrected chi connectivity index (χ3v) is 3.93. The molecular formula is C17H23N5O3. The van der Waals surface area contributed by atoms with Crippen molar-refractivity contribution in [2.45, 2.75) is 40.3 Å². The van der Waals surface area contributed by atoms with Crippen LogP contribution in [0.15, 0.2) is 24.3 Å². The highest BCUT2D eigenvalue weighted by molar-refractivity contribution is 5.91. The summed E-state index contributed by atoms with van der Waals surface area (Å²) in [4.78, 5) is 22.8. The Morgan fingerprint density at radius 3 is 2.68 bits per heavy atom. The number of benzene rings is 1. The number of aryl methyl sites for hydroxylation is 2. The van der Waals surface area contributed by atoms with Crippen molar-refractivity contribution in [2.24, 2.45) is 0 Å². The number of hydrogen-bond acceptors (Lipinski definition) is 5. The summed E-state index contributed by atoms with van der Waals surface area (Å²) in [7, 11) is 0. The van der Waals surface area contributed by atoms with E-state index in [1.807, 2.05) is 31.2 Å². The molecule has 0 spiro atoms. The van der Waals surface area contributed by atoms with Gasteiger partial charge < -0.3 is 10.6 Å². The zero-order chi connectivity index (χ0) is 18.4. The first-order chi connectivity index (χ1) is 11.9. The van der Waals surface area contributed by atoms with Gasteiger partial charge >= 0.3 is 5.69 Å². The quantitative estimate of drug-likeness (QED) is 0.565. The van der Waals surface area contributed by atoms with Crippen LogP contribution in [0, 0.1) is 24.0 Å². The smallest absolute Gasteiger partial charge is 0.312 e. The fourth-order valence-corrected chi connectivity index (χ4v) is 2.65. The molecule has 0 fully saturated rings. The average molecular weight is 345 g/mol. The van der Waals surface area contributed by atoms with Crippen molar-refractivity contribution < 1.29 is 9.72 Å². The minimum absolute atomic E-state index is 0.0105. The van der Waals surface area contributed by atoms with Gasteiger partial charge in [-0.25, -0.2) is 0 Å². The van der Waals surface area contributed by atoms with Gasteiger partial charge in [0.05, 0.1) is 11.5 Å². The second kappa shape index (κ2) is 8.39. The summed E-state index contributed by atoms with van der Waals surface area (Å²) < 4.78 is 1.51. The first-order valence-corrected chi connectivity index (χ1v) is 8.20. The number of amides is 1. The monoisotopic (exact) mass is 345 g/mol. The Bertz CT molecular complexity index is 770. The highest BCUT2D eigenvalue weighted by Gasteiger charge is 2.21. The number of nitro groups is 1. The van der Waals surface area contributed by atoms with Crippen LogP contribution in [-0.2, 0) is 17.9 Å². The van der Waals surface area contributed by atoms with Crippen molar-refractivity contribution >= 4 is 17.3 Å². The predicted octanol–water partition coefficient (Wildman–Crippen LogP) is 2.55. The first kappa shape index (κ1) is 18.6. The molecule has 0 aliphatic heterocycles. The molecule has 0 atom stereocenters. The van der Waals surface area contributed by atoms with E-state index >= 15 is 0 Å². The first-order valence-electron chi connectivity index (χ1n) is 8.20. The van der Waals surface area contributed by atoms with Crippen molar-refractivity contribution in [1.82, 2.24) is 15.1 Å². The van der Waals surface area contributed by atoms with Crippen molar-refractivity contribution in [3.63, 3.8) is 0 Å². The van der Waals surface area contributed by atoms with E-state index in [0.717, 1.165) is 17.8 Å². The number of carbonyl (C=O) groups is 1. The number of aromatic nitrogens is 2. The molecule has 0 radical (unpaired) electrons. The van der Waals surface area contributed by atoms with Crippen molar-refractivity contribution in [1.29, 1.82) is 0 Å². The maximum Gasteiger partial charge on any atom is 0.312 e. The molecule has 25 heavy (non-hydrogen) atoms. The van der Waals surface area contributed by atoms with Crippen molar-refractivity contribution in [2.75, 3.05) is 11.9 Å². The summed E-state index contributed by atoms with van der Waals surface area (Å²) in [5, 5.41) is 21.3. The molecule has 2 aromatic rings. The van der Waals surface area contributed by atoms with Gasteiger partial charge in [-0.15, -0.1) is 0 Å². The molecule has 1 heterocycles. The van der Waals surface area contributed by atoms with Crippen molar-refractivity contribution in [3.8, 4) is 0 Å². The molecule has 134 valence electrons. The van der Waals surface area contributed by atoms with Gasteiger partial charge in [0.1, 0.15) is 11.4 Å². The van der Waals surface area contributed by atoms with Gasteiger partial charge in [-0.2, -0.15) is 5.10 Å². The zero-order valence-electron chi connectivity index (χ0n) is 14.7. The number of nitrogens with one attached hydrogen (secondary N) is 2. The molecule has 0 aliphatic carbocycles. The molecule has 1 amide bonds. The Kier molecular flexibility index (Phi) is 6.24. The summed E-state index contributed by atoms with van der Waals surface area (Å²) in [6.07, 6.45) is 0.189. The van der Waals surface area contributed by atoms with E-state index < -0.39 is 4.92 Å². The number of hydrogen-bond donors (Lipinski definition) is 2. The SMILES string of the molecule is CCNCc1ccccc1NC(=O)CCn1nc(C)c([N+](=O)[O-])c1C. The van der Waals surface area contributed by atoms with E-state index in [4.69, 9.17) is 0 Å². The lowest BCUT2D eigenvalue weighted by Gasteiger charge is -2.11. The summed E-state index contributed by atoms with van der Waals surface area (Å²) in [6, 6.07) is 7.62. The topological polar surface area (TPSA) is 102 Å². The molecule has 0 saturated heterocycles. The minimum Gasteiger partial charge on any atom is -0.326 e. The Balaban J connectivity index is 2.00. The van der Waals surface area contributed by atoms with E-state index in [2.05, 4.69) is 15.7 Å². The number of anilines is 1. The number of nitrogens with zero attached hydrogens (tertiary/aromatic N) is 3. The molecule has 0 unspecified atom stereocenters. The predicted molar refractivity (Wildman–Crippen MR) is 95.4 cm³/mol. The second-order valence-corrected chi connectivity index (χ2v) is 5.74. The average Bonchev–Trinajstić information content (AvgIpc) is 2.86. The molecule has 2 rings (SSSR count). The Morgan fingerprint density at radius 2 is 2.04 bits per heavy atom. The van der Waals surface area contributed by atoms with Crippen LogP contribution in [0.5, 0.6) is 0 Å². The molecule has 8 nitrogen and oxygen atoms in total. The van der Waals surface area contributed by atoms with E-state index in [0.29, 0.717) is 24.5 Å². The van der Waals surface area contributed by atoms with Crippen LogP contribution in [0.25, 0.3) is 0 Å². The van der Waals surface area contributed by atoms with Crippen molar-refractivity contribution in [3.05, 3.63) is 51.3 Å². The summed E-state index contributed by atoms with van der Waals surface area (Å²) in [5.74, 6) is -0.154. The fraction of sp³-hybridized carbons (Fsp3) is 0.412. The maximum absolute atomic E-state index is 12.2. The van der Waals surface area contributed by atoms with Gasteiger partial charge in [-0.3, -0.25) is 19.6 Å². The van der Waals surface area contributed by atoms with E-state index in [1.54, 1.807) is 13.8 Å². The largest absolute Gasteiger partial charge is 0.326 e. The third kappa shape index (κ3) is 4.63. The molecule has 0 bridgehead atoms. The van der Waals surface area contributed by atoms with Gasteiger partial charge in [-0.1, -0.05) is 25.1 Å². The number of rotatable bonds is 8. The highest BCUT2D eigenvalue weighted by atomic mass is 16.6. The minimum atomic E-state index is -0.439. The molecule has 0 aliphatic rings. The second-order valence-electron chi connectivity index (χ2n) is 5.74. The van der Waals surface area contributed by atoms with Gasteiger partial charge in [0.15, 0.2) is 0 Å². The van der Waals surface area contributed by atoms with Crippen LogP contribution in [0.3, 0.4) is 0 Å². The lowest BCUT2D eigenvalue weighted by atomic mass is 10.1. The van der Waals surface area contributed by atoms with Gasteiger partial charge in [0.2, 0.25) is 5.91 Å². The normalized spacial score (nSPS) is 10.7. The standard InChI is InChI=1S/C17H23N5O3/c1-4-18-11-14-7-5-6-8-15(14)19-16(23)9-10-21-13(3)17(22(24)25)12(2)20-21/h5-8,18H,4,9-11H2,1-3H3,(H,19,23). The summed E-state index contributed by atoms with van der Waals surface area (Å²) in [5.41, 5.74) is 2.62. The molecule has 0 saturated carbocycles. The molecule has 1 aromatic heterocycles. The highest BCUT2D eigenvalue weighted by Crippen LogP contribution is 2.22. The van der Waals surface area contributed by atoms with E-state index in [1.165, 1.54) is 4.68 Å². The fourth-order valence-electron chi connectivity index (χ4n) is 2.65. The van der Waals surface area contributed by atoms with Crippen LogP contribution < -0.4 is 10.6 Å². The Morgan fingerprint density at radius 1 is 1.32 bits per heavy atom. The number of para-hydroxylation sites is 1. The Labute approximate surface area is 146 Å². The molecular weight excluding hydrogens is 322 g/mol. The Hall–Kier alpha value is -2.74. The summed E-state index contributed by atoms with van der Waals surface area (Å²) >= 11 is 0. The van der Waals surface area contributed by atoms with Crippen LogP contribution in [0.4, 0.5) is 11.4 Å². The van der Waals surface area contributed by atoms with Crippen LogP contribution >= 0.6 is 0 Å². The van der Waals surface area contributed by atoms with Gasteiger partial charge in [0.25, 0.3) is 0 Å². The van der Waals surface area contributed by atoms with Crippen LogP contribution in [0.2, 0.25) is 0 Å². The van der Waals surface area contributed by atoms with Gasteiger partial charge in [0, 0.05) is 18.7 Å². The molecule has 1 aromatic carbocycles. The third-order valence-electron chi connectivity index (χ3n) is 3.93.